The van der Waals surface area contributed by atoms with Crippen molar-refractivity contribution < 1.29 is 0 Å². The minimum absolute atomic E-state index is 0.00458. The fourth-order valence-corrected chi connectivity index (χ4v) is 9.46. The molecule has 2 aliphatic rings. The molecule has 0 unspecified atom stereocenters. The van der Waals surface area contributed by atoms with Crippen molar-refractivity contribution in [2.24, 2.45) is 0 Å². The maximum Gasteiger partial charge on any atom is 0.252 e. The van der Waals surface area contributed by atoms with E-state index >= 15 is 0 Å². The third-order valence-electron chi connectivity index (χ3n) is 12.9. The van der Waals surface area contributed by atoms with Crippen LogP contribution in [-0.4, -0.2) is 6.71 Å². The summed E-state index contributed by atoms with van der Waals surface area (Å²) in [6, 6.07) is 55.5. The van der Waals surface area contributed by atoms with Gasteiger partial charge >= 0.3 is 0 Å². The third-order valence-corrected chi connectivity index (χ3v) is 12.9. The number of fused-ring (bicyclic) bond motifs is 4. The summed E-state index contributed by atoms with van der Waals surface area (Å²) in [5, 5.41) is 0. The molecule has 2 aliphatic heterocycles. The Morgan fingerprint density at radius 1 is 0.390 bits per heavy atom. The lowest BCUT2D eigenvalue weighted by atomic mass is 9.33. The van der Waals surface area contributed by atoms with Crippen LogP contribution < -0.4 is 26.2 Å². The summed E-state index contributed by atoms with van der Waals surface area (Å²) in [6.07, 6.45) is 0. The first kappa shape index (κ1) is 38.7. The SMILES string of the molecule is Cc1ccccc1-c1cccc(-c2cccc(N3c4cc(C(C)(C)C)ccc4B4c5ccc(C(C)(C)C)cc5N(c5ccc(C(C)(C)C)cc5)c5cccc3c54)c2)c1C. The third kappa shape index (κ3) is 6.60. The lowest BCUT2D eigenvalue weighted by molar-refractivity contribution is 0.590. The van der Waals surface area contributed by atoms with E-state index in [9.17, 15) is 0 Å². The van der Waals surface area contributed by atoms with Crippen LogP contribution in [-0.2, 0) is 16.2 Å². The second kappa shape index (κ2) is 13.9. The van der Waals surface area contributed by atoms with Gasteiger partial charge in [0.05, 0.1) is 0 Å². The number of rotatable bonds is 4. The molecule has 2 heterocycles. The number of hydrogen-bond donors (Lipinski definition) is 0. The Labute approximate surface area is 353 Å². The zero-order valence-electron chi connectivity index (χ0n) is 36.8. The molecular weight excluding hydrogens is 711 g/mol. The fraction of sp³-hybridized carbons (Fsp3) is 0.250. The van der Waals surface area contributed by atoms with E-state index in [-0.39, 0.29) is 23.0 Å². The molecule has 7 aromatic carbocycles. The van der Waals surface area contributed by atoms with Gasteiger partial charge in [0.2, 0.25) is 0 Å². The Kier molecular flexibility index (Phi) is 9.12. The first-order valence-corrected chi connectivity index (χ1v) is 21.4. The van der Waals surface area contributed by atoms with Crippen LogP contribution in [0.15, 0.2) is 146 Å². The van der Waals surface area contributed by atoms with Gasteiger partial charge in [0, 0.05) is 34.1 Å². The van der Waals surface area contributed by atoms with E-state index in [0.717, 1.165) is 5.69 Å². The van der Waals surface area contributed by atoms with E-state index in [4.69, 9.17) is 0 Å². The molecule has 0 amide bonds. The molecule has 7 aromatic rings. The van der Waals surface area contributed by atoms with Crippen LogP contribution in [0.5, 0.6) is 0 Å². The average molecular weight is 769 g/mol. The van der Waals surface area contributed by atoms with Crippen molar-refractivity contribution in [3.63, 3.8) is 0 Å². The maximum absolute atomic E-state index is 2.55. The minimum Gasteiger partial charge on any atom is -0.311 e. The quantitative estimate of drug-likeness (QED) is 0.165. The van der Waals surface area contributed by atoms with Crippen LogP contribution in [0.4, 0.5) is 34.1 Å². The molecule has 294 valence electrons. The van der Waals surface area contributed by atoms with Crippen molar-refractivity contribution in [3.05, 3.63) is 173 Å². The summed E-state index contributed by atoms with van der Waals surface area (Å²) in [5.41, 5.74) is 23.1. The standard InChI is InChI=1S/C56H57BN2/c1-36-17-12-13-20-44(36)46-22-15-21-45(37(46)2)38-18-14-19-43(33-38)59-50-24-16-23-49-53(50)57(48-32-28-41(35-52(48)59)56(9,10)11)47-31-27-40(55(6,7)8)34-51(47)58(49)42-29-25-39(26-30-42)54(3,4)5/h12-35H,1-11H3. The van der Waals surface area contributed by atoms with Crippen molar-refractivity contribution in [2.45, 2.75) is 92.4 Å². The molecule has 59 heavy (non-hydrogen) atoms. The van der Waals surface area contributed by atoms with E-state index < -0.39 is 0 Å². The normalized spacial score (nSPS) is 13.6. The number of hydrogen-bond acceptors (Lipinski definition) is 2. The molecule has 0 bridgehead atoms. The van der Waals surface area contributed by atoms with Gasteiger partial charge in [-0.3, -0.25) is 0 Å². The topological polar surface area (TPSA) is 6.48 Å². The van der Waals surface area contributed by atoms with Gasteiger partial charge in [0.1, 0.15) is 0 Å². The monoisotopic (exact) mass is 768 g/mol. The van der Waals surface area contributed by atoms with Gasteiger partial charge < -0.3 is 9.80 Å². The molecule has 0 aliphatic carbocycles. The summed E-state index contributed by atoms with van der Waals surface area (Å²) in [6.45, 7) is 25.4. The largest absolute Gasteiger partial charge is 0.311 e. The first-order valence-electron chi connectivity index (χ1n) is 21.4. The maximum atomic E-state index is 2.55. The highest BCUT2D eigenvalue weighted by Crippen LogP contribution is 2.46. The Balaban J connectivity index is 1.28. The lowest BCUT2D eigenvalue weighted by Crippen LogP contribution is -2.61. The lowest BCUT2D eigenvalue weighted by Gasteiger charge is -2.45. The van der Waals surface area contributed by atoms with Crippen LogP contribution in [0.25, 0.3) is 22.3 Å². The smallest absolute Gasteiger partial charge is 0.252 e. The van der Waals surface area contributed by atoms with E-state index in [1.54, 1.807) is 0 Å². The van der Waals surface area contributed by atoms with Crippen LogP contribution in [0.3, 0.4) is 0 Å². The molecule has 9 rings (SSSR count). The Bertz CT molecular complexity index is 2750. The molecule has 2 nitrogen and oxygen atoms in total. The number of aryl methyl sites for hydroxylation is 1. The zero-order chi connectivity index (χ0) is 41.6. The molecular formula is C56H57BN2. The fourth-order valence-electron chi connectivity index (χ4n) is 9.46. The van der Waals surface area contributed by atoms with Gasteiger partial charge in [-0.25, -0.2) is 0 Å². The van der Waals surface area contributed by atoms with Crippen LogP contribution >= 0.6 is 0 Å². The molecule has 0 radical (unpaired) electrons. The molecule has 0 N–H and O–H groups in total. The van der Waals surface area contributed by atoms with E-state index in [1.807, 2.05) is 0 Å². The molecule has 0 aromatic heterocycles. The van der Waals surface area contributed by atoms with Gasteiger partial charge in [-0.1, -0.05) is 159 Å². The Morgan fingerprint density at radius 2 is 0.881 bits per heavy atom. The van der Waals surface area contributed by atoms with Crippen molar-refractivity contribution in [2.75, 3.05) is 9.80 Å². The van der Waals surface area contributed by atoms with Gasteiger partial charge in [0.15, 0.2) is 0 Å². The number of nitrogens with zero attached hydrogens (tertiary/aromatic N) is 2. The second-order valence-electron chi connectivity index (χ2n) is 20.0. The summed E-state index contributed by atoms with van der Waals surface area (Å²) in [5.74, 6) is 0. The van der Waals surface area contributed by atoms with Crippen molar-refractivity contribution in [1.29, 1.82) is 0 Å². The average Bonchev–Trinajstić information content (AvgIpc) is 3.20. The molecule has 0 spiro atoms. The number of anilines is 6. The predicted octanol–water partition coefficient (Wildman–Crippen LogP) is 13.6. The number of benzene rings is 7. The summed E-state index contributed by atoms with van der Waals surface area (Å²) >= 11 is 0. The van der Waals surface area contributed by atoms with Gasteiger partial charge in [-0.15, -0.1) is 0 Å². The summed E-state index contributed by atoms with van der Waals surface area (Å²) in [7, 11) is 0. The van der Waals surface area contributed by atoms with Crippen molar-refractivity contribution in [3.8, 4) is 22.3 Å². The van der Waals surface area contributed by atoms with E-state index in [2.05, 4.69) is 232 Å². The van der Waals surface area contributed by atoms with Crippen LogP contribution in [0.2, 0.25) is 0 Å². The highest BCUT2D eigenvalue weighted by atomic mass is 15.2. The zero-order valence-corrected chi connectivity index (χ0v) is 36.8. The predicted molar refractivity (Wildman–Crippen MR) is 257 cm³/mol. The summed E-state index contributed by atoms with van der Waals surface area (Å²) < 4.78 is 0. The van der Waals surface area contributed by atoms with Gasteiger partial charge in [-0.05, 0) is 145 Å². The summed E-state index contributed by atoms with van der Waals surface area (Å²) in [4.78, 5) is 5.09. The van der Waals surface area contributed by atoms with Crippen LogP contribution in [0, 0.1) is 13.8 Å². The van der Waals surface area contributed by atoms with Crippen molar-refractivity contribution >= 4 is 57.2 Å². The Hall–Kier alpha value is -5.80. The van der Waals surface area contributed by atoms with E-state index in [0.29, 0.717) is 0 Å². The minimum atomic E-state index is -0.0140. The molecule has 0 saturated heterocycles. The van der Waals surface area contributed by atoms with E-state index in [1.165, 1.54) is 94.9 Å². The van der Waals surface area contributed by atoms with Crippen molar-refractivity contribution in [1.82, 2.24) is 0 Å². The molecule has 0 saturated carbocycles. The Morgan fingerprint density at radius 3 is 1.46 bits per heavy atom. The van der Waals surface area contributed by atoms with Gasteiger partial charge in [-0.2, -0.15) is 0 Å². The molecule has 3 heteroatoms. The highest BCUT2D eigenvalue weighted by Gasteiger charge is 2.44. The van der Waals surface area contributed by atoms with Crippen LogP contribution in [0.1, 0.15) is 90.1 Å². The van der Waals surface area contributed by atoms with Gasteiger partial charge in [0.25, 0.3) is 6.71 Å². The highest BCUT2D eigenvalue weighted by molar-refractivity contribution is 7.00. The first-order chi connectivity index (χ1) is 28.0. The molecule has 0 fully saturated rings. The second-order valence-corrected chi connectivity index (χ2v) is 20.0. The molecule has 0 atom stereocenters.